The Hall–Kier alpha value is -3.25. The smallest absolute Gasteiger partial charge is 0.294 e. The average molecular weight is 466 g/mol. The maximum atomic E-state index is 13.2. The molecule has 0 aromatic heterocycles. The highest BCUT2D eigenvalue weighted by Gasteiger charge is 2.42. The van der Waals surface area contributed by atoms with Gasteiger partial charge in [0.2, 0.25) is 0 Å². The summed E-state index contributed by atoms with van der Waals surface area (Å²) in [6.07, 6.45) is 0. The van der Waals surface area contributed by atoms with E-state index >= 15 is 0 Å². The first kappa shape index (κ1) is 20.0. The van der Waals surface area contributed by atoms with E-state index in [1.807, 2.05) is 60.7 Å². The summed E-state index contributed by atoms with van der Waals surface area (Å²) < 4.78 is 11.4. The summed E-state index contributed by atoms with van der Waals surface area (Å²) in [5.74, 6) is 0.691. The second-order valence-corrected chi connectivity index (χ2v) is 7.73. The zero-order valence-corrected chi connectivity index (χ0v) is 18.1. The molecule has 0 fully saturated rings. The maximum absolute atomic E-state index is 13.2. The van der Waals surface area contributed by atoms with Gasteiger partial charge in [-0.05, 0) is 59.7 Å². The maximum Gasteiger partial charge on any atom is 0.294 e. The average Bonchev–Trinajstić information content (AvgIpc) is 3.05. The minimum absolute atomic E-state index is 0.260. The normalized spacial score (nSPS) is 16.2. The lowest BCUT2D eigenvalue weighted by atomic mass is 9.93. The van der Waals surface area contributed by atoms with Gasteiger partial charge in [-0.25, -0.2) is 0 Å². The van der Waals surface area contributed by atoms with Crippen LogP contribution in [0.5, 0.6) is 11.5 Å². The quantitative estimate of drug-likeness (QED) is 0.538. The second kappa shape index (κ2) is 8.24. The Kier molecular flexibility index (Phi) is 5.50. The van der Waals surface area contributed by atoms with Gasteiger partial charge >= 0.3 is 0 Å². The highest BCUT2D eigenvalue weighted by Crippen LogP contribution is 2.45. The molecule has 0 saturated heterocycles. The number of rotatable bonds is 5. The van der Waals surface area contributed by atoms with Gasteiger partial charge in [0.1, 0.15) is 11.5 Å². The molecule has 6 heteroatoms. The molecule has 1 amide bonds. The molecule has 0 bridgehead atoms. The lowest BCUT2D eigenvalue weighted by Crippen LogP contribution is -2.30. The summed E-state index contributed by atoms with van der Waals surface area (Å²) in [6, 6.07) is 21.8. The van der Waals surface area contributed by atoms with E-state index in [-0.39, 0.29) is 5.76 Å². The standard InChI is InChI=1S/C24H20BrNO4/c1-29-19-11-5-15(6-12-19)21-22(16-3-7-17(25)8-4-16)26(24(28)23(21)27)18-9-13-20(30-2)14-10-18/h3-14,22,27H,1-2H3. The molecular weight excluding hydrogens is 446 g/mol. The molecule has 3 aromatic carbocycles. The number of ether oxygens (including phenoxy) is 2. The molecule has 5 nitrogen and oxygen atoms in total. The minimum Gasteiger partial charge on any atom is -0.503 e. The highest BCUT2D eigenvalue weighted by molar-refractivity contribution is 9.10. The molecule has 1 aliphatic rings. The second-order valence-electron chi connectivity index (χ2n) is 6.82. The van der Waals surface area contributed by atoms with Crippen molar-refractivity contribution in [1.82, 2.24) is 0 Å². The lowest BCUT2D eigenvalue weighted by molar-refractivity contribution is -0.117. The molecular formula is C24H20BrNO4. The summed E-state index contributed by atoms with van der Waals surface area (Å²) in [4.78, 5) is 14.8. The summed E-state index contributed by atoms with van der Waals surface area (Å²) >= 11 is 3.46. The SMILES string of the molecule is COc1ccc(C2=C(O)C(=O)N(c3ccc(OC)cc3)C2c2ccc(Br)cc2)cc1. The minimum atomic E-state index is -0.479. The number of methoxy groups -OCH3 is 2. The molecule has 3 aromatic rings. The van der Waals surface area contributed by atoms with Crippen molar-refractivity contribution in [1.29, 1.82) is 0 Å². The Bertz CT molecular complexity index is 1090. The van der Waals surface area contributed by atoms with Gasteiger partial charge in [0, 0.05) is 15.7 Å². The third-order valence-electron chi connectivity index (χ3n) is 5.15. The molecule has 1 heterocycles. The molecule has 1 unspecified atom stereocenters. The predicted molar refractivity (Wildman–Crippen MR) is 120 cm³/mol. The number of hydrogen-bond donors (Lipinski definition) is 1. The van der Waals surface area contributed by atoms with E-state index in [2.05, 4.69) is 15.9 Å². The molecule has 0 saturated carbocycles. The van der Waals surface area contributed by atoms with E-state index in [9.17, 15) is 9.90 Å². The van der Waals surface area contributed by atoms with Crippen LogP contribution in [-0.4, -0.2) is 25.2 Å². The Balaban J connectivity index is 1.85. The first-order chi connectivity index (χ1) is 14.5. The van der Waals surface area contributed by atoms with E-state index in [1.165, 1.54) is 0 Å². The molecule has 0 radical (unpaired) electrons. The largest absolute Gasteiger partial charge is 0.503 e. The van der Waals surface area contributed by atoms with Crippen LogP contribution in [0.25, 0.3) is 5.57 Å². The topological polar surface area (TPSA) is 59.0 Å². The highest BCUT2D eigenvalue weighted by atomic mass is 79.9. The van der Waals surface area contributed by atoms with Gasteiger partial charge in [0.05, 0.1) is 20.3 Å². The number of halogens is 1. The number of benzene rings is 3. The van der Waals surface area contributed by atoms with Crippen LogP contribution in [0.1, 0.15) is 17.2 Å². The number of aliphatic hydroxyl groups is 1. The van der Waals surface area contributed by atoms with Crippen molar-refractivity contribution in [3.8, 4) is 11.5 Å². The Morgan fingerprint density at radius 2 is 1.37 bits per heavy atom. The molecule has 152 valence electrons. The van der Waals surface area contributed by atoms with Crippen LogP contribution < -0.4 is 14.4 Å². The van der Waals surface area contributed by atoms with Crippen molar-refractivity contribution >= 4 is 33.1 Å². The molecule has 4 rings (SSSR count). The van der Waals surface area contributed by atoms with E-state index in [0.717, 1.165) is 15.6 Å². The van der Waals surface area contributed by atoms with Gasteiger partial charge in [-0.1, -0.05) is 40.2 Å². The number of aliphatic hydroxyl groups excluding tert-OH is 1. The zero-order chi connectivity index (χ0) is 21.3. The Labute approximate surface area is 183 Å². The third-order valence-corrected chi connectivity index (χ3v) is 5.67. The molecule has 1 N–H and O–H groups in total. The fourth-order valence-corrected chi connectivity index (χ4v) is 3.90. The van der Waals surface area contributed by atoms with Crippen molar-refractivity contribution in [2.75, 3.05) is 19.1 Å². The van der Waals surface area contributed by atoms with Gasteiger partial charge < -0.3 is 14.6 Å². The van der Waals surface area contributed by atoms with Crippen molar-refractivity contribution < 1.29 is 19.4 Å². The number of carbonyl (C=O) groups excluding carboxylic acids is 1. The fraction of sp³-hybridized carbons (Fsp3) is 0.125. The monoisotopic (exact) mass is 465 g/mol. The number of hydrogen-bond acceptors (Lipinski definition) is 4. The zero-order valence-electron chi connectivity index (χ0n) is 16.5. The summed E-state index contributed by atoms with van der Waals surface area (Å²) in [6.45, 7) is 0. The summed E-state index contributed by atoms with van der Waals surface area (Å²) in [7, 11) is 3.19. The van der Waals surface area contributed by atoms with Crippen LogP contribution in [0.2, 0.25) is 0 Å². The van der Waals surface area contributed by atoms with Crippen LogP contribution in [0.3, 0.4) is 0 Å². The van der Waals surface area contributed by atoms with Crippen LogP contribution in [-0.2, 0) is 4.79 Å². The number of amides is 1. The van der Waals surface area contributed by atoms with Crippen molar-refractivity contribution in [2.24, 2.45) is 0 Å². The number of anilines is 1. The van der Waals surface area contributed by atoms with Crippen molar-refractivity contribution in [3.05, 3.63) is 94.2 Å². The van der Waals surface area contributed by atoms with Crippen LogP contribution in [0, 0.1) is 0 Å². The molecule has 0 aliphatic carbocycles. The van der Waals surface area contributed by atoms with Gasteiger partial charge in [0.15, 0.2) is 5.76 Å². The molecule has 1 aliphatic heterocycles. The van der Waals surface area contributed by atoms with Crippen molar-refractivity contribution in [3.63, 3.8) is 0 Å². The molecule has 1 atom stereocenters. The van der Waals surface area contributed by atoms with E-state index in [4.69, 9.17) is 9.47 Å². The first-order valence-corrected chi connectivity index (χ1v) is 10.1. The first-order valence-electron chi connectivity index (χ1n) is 9.34. The summed E-state index contributed by atoms with van der Waals surface area (Å²) in [5, 5.41) is 10.9. The number of carbonyl (C=O) groups is 1. The summed E-state index contributed by atoms with van der Waals surface area (Å²) in [5.41, 5.74) is 2.87. The van der Waals surface area contributed by atoms with E-state index in [1.54, 1.807) is 31.3 Å². The lowest BCUT2D eigenvalue weighted by Gasteiger charge is -2.27. The Morgan fingerprint density at radius 3 is 1.90 bits per heavy atom. The van der Waals surface area contributed by atoms with Crippen LogP contribution in [0.4, 0.5) is 5.69 Å². The van der Waals surface area contributed by atoms with Gasteiger partial charge in [-0.3, -0.25) is 9.69 Å². The predicted octanol–water partition coefficient (Wildman–Crippen LogP) is 5.52. The third kappa shape index (κ3) is 3.55. The Morgan fingerprint density at radius 1 is 0.833 bits per heavy atom. The molecule has 30 heavy (non-hydrogen) atoms. The van der Waals surface area contributed by atoms with Gasteiger partial charge in [0.25, 0.3) is 5.91 Å². The van der Waals surface area contributed by atoms with Crippen LogP contribution >= 0.6 is 15.9 Å². The number of nitrogens with zero attached hydrogens (tertiary/aromatic N) is 1. The van der Waals surface area contributed by atoms with E-state index < -0.39 is 11.9 Å². The van der Waals surface area contributed by atoms with Gasteiger partial charge in [-0.15, -0.1) is 0 Å². The van der Waals surface area contributed by atoms with Crippen LogP contribution in [0.15, 0.2) is 83.0 Å². The van der Waals surface area contributed by atoms with Crippen molar-refractivity contribution in [2.45, 2.75) is 6.04 Å². The molecule has 0 spiro atoms. The van der Waals surface area contributed by atoms with E-state index in [0.29, 0.717) is 22.8 Å². The fourth-order valence-electron chi connectivity index (χ4n) is 3.64. The van der Waals surface area contributed by atoms with Gasteiger partial charge in [-0.2, -0.15) is 0 Å².